The molecule has 0 radical (unpaired) electrons. The van der Waals surface area contributed by atoms with E-state index >= 15 is 0 Å². The van der Waals surface area contributed by atoms with Gasteiger partial charge in [0.25, 0.3) is 0 Å². The number of amides is 1. The molecule has 8 heteroatoms. The Morgan fingerprint density at radius 1 is 1.26 bits per heavy atom. The van der Waals surface area contributed by atoms with Gasteiger partial charge in [0.1, 0.15) is 13.2 Å². The molecule has 0 fully saturated rings. The maximum atomic E-state index is 12.5. The monoisotopic (exact) mass is 279 g/mol. The number of alkyl halides is 3. The van der Waals surface area contributed by atoms with Crippen LogP contribution in [-0.4, -0.2) is 26.4 Å². The van der Waals surface area contributed by atoms with Crippen LogP contribution in [0.4, 0.5) is 18.0 Å². The van der Waals surface area contributed by atoms with Gasteiger partial charge in [0.2, 0.25) is 0 Å². The second-order valence-electron chi connectivity index (χ2n) is 3.38. The van der Waals surface area contributed by atoms with Crippen molar-refractivity contribution in [2.24, 2.45) is 5.73 Å². The Bertz CT molecular complexity index is 448. The van der Waals surface area contributed by atoms with E-state index in [9.17, 15) is 18.0 Å². The molecule has 0 unspecified atom stereocenters. The molecule has 0 atom stereocenters. The van der Waals surface area contributed by atoms with Crippen LogP contribution in [0.25, 0.3) is 0 Å². The highest BCUT2D eigenvalue weighted by Crippen LogP contribution is 2.36. The van der Waals surface area contributed by atoms with Gasteiger partial charge in [0.15, 0.2) is 11.5 Å². The molecule has 19 heavy (non-hydrogen) atoms. The Labute approximate surface area is 107 Å². The lowest BCUT2D eigenvalue weighted by molar-refractivity contribution is -0.137. The second-order valence-corrected chi connectivity index (χ2v) is 3.38. The zero-order valence-electron chi connectivity index (χ0n) is 9.99. The van der Waals surface area contributed by atoms with Crippen LogP contribution < -0.4 is 15.2 Å². The summed E-state index contributed by atoms with van der Waals surface area (Å²) in [5.74, 6) is 0.0532. The normalized spacial score (nSPS) is 10.9. The van der Waals surface area contributed by atoms with E-state index in [0.717, 1.165) is 18.2 Å². The van der Waals surface area contributed by atoms with Gasteiger partial charge in [0, 0.05) is 0 Å². The molecule has 5 nitrogen and oxygen atoms in total. The number of primary amides is 1. The van der Waals surface area contributed by atoms with Gasteiger partial charge in [-0.15, -0.1) is 0 Å². The Kier molecular flexibility index (Phi) is 4.85. The molecular formula is C11H12F3NO4. The highest BCUT2D eigenvalue weighted by molar-refractivity contribution is 5.64. The minimum Gasteiger partial charge on any atom is -0.493 e. The van der Waals surface area contributed by atoms with E-state index in [-0.39, 0.29) is 24.7 Å². The summed E-state index contributed by atoms with van der Waals surface area (Å²) in [5.41, 5.74) is 3.89. The molecule has 1 aromatic carbocycles. The third-order valence-electron chi connectivity index (χ3n) is 2.08. The van der Waals surface area contributed by atoms with Crippen molar-refractivity contribution in [3.63, 3.8) is 0 Å². The van der Waals surface area contributed by atoms with Gasteiger partial charge < -0.3 is 19.9 Å². The number of hydrogen-bond acceptors (Lipinski definition) is 4. The fourth-order valence-corrected chi connectivity index (χ4v) is 1.26. The predicted molar refractivity (Wildman–Crippen MR) is 59.0 cm³/mol. The molecule has 0 saturated heterocycles. The molecule has 0 aliphatic rings. The van der Waals surface area contributed by atoms with Crippen molar-refractivity contribution in [1.29, 1.82) is 0 Å². The Morgan fingerprint density at radius 2 is 1.95 bits per heavy atom. The van der Waals surface area contributed by atoms with E-state index in [1.165, 1.54) is 7.11 Å². The molecule has 0 spiro atoms. The summed E-state index contributed by atoms with van der Waals surface area (Å²) in [6.45, 7) is -0.163. The maximum Gasteiger partial charge on any atom is 0.416 e. The first-order valence-corrected chi connectivity index (χ1v) is 5.15. The summed E-state index contributed by atoms with van der Waals surface area (Å²) in [4.78, 5) is 10.3. The minimum atomic E-state index is -4.46. The molecule has 0 saturated carbocycles. The summed E-state index contributed by atoms with van der Waals surface area (Å²) in [5, 5.41) is 0. The topological polar surface area (TPSA) is 70.8 Å². The van der Waals surface area contributed by atoms with Gasteiger partial charge in [-0.25, -0.2) is 4.79 Å². The fourth-order valence-electron chi connectivity index (χ4n) is 1.26. The summed E-state index contributed by atoms with van der Waals surface area (Å²) < 4.78 is 51.7. The van der Waals surface area contributed by atoms with Gasteiger partial charge in [0.05, 0.1) is 12.7 Å². The second kappa shape index (κ2) is 6.17. The third kappa shape index (κ3) is 4.57. The summed E-state index contributed by atoms with van der Waals surface area (Å²) in [7, 11) is 1.22. The predicted octanol–water partition coefficient (Wildman–Crippen LogP) is 2.19. The van der Waals surface area contributed by atoms with Crippen molar-refractivity contribution in [1.82, 2.24) is 0 Å². The van der Waals surface area contributed by atoms with E-state index < -0.39 is 17.8 Å². The summed E-state index contributed by atoms with van der Waals surface area (Å²) >= 11 is 0. The van der Waals surface area contributed by atoms with Crippen LogP contribution in [0.15, 0.2) is 18.2 Å². The molecule has 0 bridgehead atoms. The van der Waals surface area contributed by atoms with Crippen molar-refractivity contribution in [2.45, 2.75) is 6.18 Å². The molecule has 0 aliphatic carbocycles. The smallest absolute Gasteiger partial charge is 0.416 e. The molecule has 1 rings (SSSR count). The number of carbonyl (C=O) groups excluding carboxylic acids is 1. The highest BCUT2D eigenvalue weighted by Gasteiger charge is 2.31. The first kappa shape index (κ1) is 14.9. The number of ether oxygens (including phenoxy) is 3. The average molecular weight is 279 g/mol. The van der Waals surface area contributed by atoms with Crippen molar-refractivity contribution >= 4 is 6.09 Å². The van der Waals surface area contributed by atoms with E-state index in [0.29, 0.717) is 0 Å². The fraction of sp³-hybridized carbons (Fsp3) is 0.364. The number of rotatable bonds is 5. The Balaban J connectivity index is 2.71. The van der Waals surface area contributed by atoms with Gasteiger partial charge >= 0.3 is 12.3 Å². The number of hydrogen-bond donors (Lipinski definition) is 1. The summed E-state index contributed by atoms with van der Waals surface area (Å²) in [6, 6.07) is 2.82. The van der Waals surface area contributed by atoms with Crippen molar-refractivity contribution in [3.05, 3.63) is 23.8 Å². The quantitative estimate of drug-likeness (QED) is 0.839. The molecule has 1 aromatic rings. The van der Waals surface area contributed by atoms with Crippen molar-refractivity contribution in [2.75, 3.05) is 20.3 Å². The standard InChI is InChI=1S/C11H12F3NO4/c1-17-9-6-7(11(12,13)14)2-3-8(9)18-4-5-19-10(15)16/h2-3,6H,4-5H2,1H3,(H2,15,16). The lowest BCUT2D eigenvalue weighted by atomic mass is 10.2. The van der Waals surface area contributed by atoms with Gasteiger partial charge in [-0.2, -0.15) is 13.2 Å². The van der Waals surface area contributed by atoms with Crippen LogP contribution >= 0.6 is 0 Å². The first-order chi connectivity index (χ1) is 8.84. The third-order valence-corrected chi connectivity index (χ3v) is 2.08. The SMILES string of the molecule is COc1cc(C(F)(F)F)ccc1OCCOC(N)=O. The van der Waals surface area contributed by atoms with Gasteiger partial charge in [-0.3, -0.25) is 0 Å². The molecule has 1 amide bonds. The van der Waals surface area contributed by atoms with Gasteiger partial charge in [-0.1, -0.05) is 0 Å². The largest absolute Gasteiger partial charge is 0.493 e. The number of nitrogens with two attached hydrogens (primary N) is 1. The Morgan fingerprint density at radius 3 is 2.47 bits per heavy atom. The molecule has 0 aromatic heterocycles. The molecule has 0 heterocycles. The molecule has 106 valence electrons. The van der Waals surface area contributed by atoms with E-state index in [2.05, 4.69) is 4.74 Å². The van der Waals surface area contributed by atoms with Crippen molar-refractivity contribution in [3.8, 4) is 11.5 Å². The van der Waals surface area contributed by atoms with Crippen LogP contribution in [-0.2, 0) is 10.9 Å². The average Bonchev–Trinajstić information content (AvgIpc) is 2.33. The van der Waals surface area contributed by atoms with E-state index in [1.54, 1.807) is 0 Å². The Hall–Kier alpha value is -2.12. The lowest BCUT2D eigenvalue weighted by Crippen LogP contribution is -2.17. The van der Waals surface area contributed by atoms with Gasteiger partial charge in [-0.05, 0) is 18.2 Å². The number of carbonyl (C=O) groups is 1. The van der Waals surface area contributed by atoms with E-state index in [1.807, 2.05) is 0 Å². The lowest BCUT2D eigenvalue weighted by Gasteiger charge is -2.13. The zero-order chi connectivity index (χ0) is 14.5. The van der Waals surface area contributed by atoms with Crippen molar-refractivity contribution < 1.29 is 32.2 Å². The zero-order valence-corrected chi connectivity index (χ0v) is 9.99. The highest BCUT2D eigenvalue weighted by atomic mass is 19.4. The van der Waals surface area contributed by atoms with Crippen LogP contribution in [0, 0.1) is 0 Å². The van der Waals surface area contributed by atoms with Crippen LogP contribution in [0.1, 0.15) is 5.56 Å². The minimum absolute atomic E-state index is 0.0509. The number of benzene rings is 1. The van der Waals surface area contributed by atoms with Crippen LogP contribution in [0.3, 0.4) is 0 Å². The number of halogens is 3. The summed E-state index contributed by atoms with van der Waals surface area (Å²) in [6.07, 6.45) is -5.41. The van der Waals surface area contributed by atoms with Crippen LogP contribution in [0.2, 0.25) is 0 Å². The molecule has 2 N–H and O–H groups in total. The number of methoxy groups -OCH3 is 1. The van der Waals surface area contributed by atoms with Crippen LogP contribution in [0.5, 0.6) is 11.5 Å². The maximum absolute atomic E-state index is 12.5. The van der Waals surface area contributed by atoms with E-state index in [4.69, 9.17) is 15.2 Å². The molecular weight excluding hydrogens is 267 g/mol. The first-order valence-electron chi connectivity index (χ1n) is 5.15. The molecule has 0 aliphatic heterocycles.